The number of quaternary nitrogens is 1. The lowest BCUT2D eigenvalue weighted by molar-refractivity contribution is -0.870. The number of esters is 2. The summed E-state index contributed by atoms with van der Waals surface area (Å²) in [5, 5.41) is 9.66. The van der Waals surface area contributed by atoms with Crippen molar-refractivity contribution in [3.63, 3.8) is 0 Å². The summed E-state index contributed by atoms with van der Waals surface area (Å²) in [4.78, 5) is 37.2. The third kappa shape index (κ3) is 46.3. The molecule has 63 heavy (non-hydrogen) atoms. The van der Waals surface area contributed by atoms with Crippen LogP contribution in [0.15, 0.2) is 85.1 Å². The molecule has 0 radical (unpaired) electrons. The Bertz CT molecular complexity index is 1300. The van der Waals surface area contributed by atoms with Crippen molar-refractivity contribution in [3.8, 4) is 0 Å². The fourth-order valence-electron chi connectivity index (χ4n) is 6.30. The normalized spacial score (nSPS) is 13.6. The van der Waals surface area contributed by atoms with Crippen molar-refractivity contribution in [2.24, 2.45) is 0 Å². The van der Waals surface area contributed by atoms with Crippen LogP contribution in [0.5, 0.6) is 0 Å². The first kappa shape index (κ1) is 59.5. The predicted octanol–water partition coefficient (Wildman–Crippen LogP) is 13.7. The number of allylic oxidation sites excluding steroid dienone is 14. The van der Waals surface area contributed by atoms with Crippen molar-refractivity contribution in [2.75, 3.05) is 47.5 Å². The highest BCUT2D eigenvalue weighted by atomic mass is 16.7. The highest BCUT2D eigenvalue weighted by Gasteiger charge is 2.25. The number of carboxylic acids is 1. The number of carbonyl (C=O) groups excluding carboxylic acids is 2. The fraction of sp³-hybridized carbons (Fsp3) is 0.685. The zero-order chi connectivity index (χ0) is 46.3. The Balaban J connectivity index is 4.49. The van der Waals surface area contributed by atoms with Crippen molar-refractivity contribution in [2.45, 2.75) is 193 Å². The second-order valence-corrected chi connectivity index (χ2v) is 17.4. The Kier molecular flexibility index (Phi) is 42.5. The van der Waals surface area contributed by atoms with E-state index < -0.39 is 24.3 Å². The van der Waals surface area contributed by atoms with E-state index in [0.29, 0.717) is 17.4 Å². The minimum atomic E-state index is -1.53. The summed E-state index contributed by atoms with van der Waals surface area (Å²) < 4.78 is 22.7. The van der Waals surface area contributed by atoms with E-state index in [2.05, 4.69) is 98.9 Å². The molecule has 0 fully saturated rings. The number of rotatable bonds is 44. The minimum absolute atomic E-state index is 0.174. The van der Waals surface area contributed by atoms with Crippen molar-refractivity contribution in [3.05, 3.63) is 85.1 Å². The standard InChI is InChI=1S/C54H91NO8/c1-6-8-10-12-14-16-18-20-22-24-25-26-27-29-31-33-35-37-39-41-43-45-52(57)63-50(49-62-54(53(58)59)60-47-46-55(3,4)5)48-61-51(56)44-42-40-38-36-34-32-30-28-23-21-19-17-15-13-11-9-7-2/h8,10,14,16,20-23,25-26,29,31,35,37,50,54H,6-7,9,11-13,15,17-19,24,27-28,30,32-34,36,38-49H2,1-5H3/p+1/b10-8-,16-14-,22-20-,23-21-,26-25-,31-29-,37-35-. The molecule has 0 aromatic heterocycles. The third-order valence-electron chi connectivity index (χ3n) is 10.1. The molecule has 0 heterocycles. The van der Waals surface area contributed by atoms with Gasteiger partial charge in [-0.2, -0.15) is 0 Å². The van der Waals surface area contributed by atoms with Crippen molar-refractivity contribution in [1.82, 2.24) is 0 Å². The first-order valence-corrected chi connectivity index (χ1v) is 24.8. The number of nitrogens with zero attached hydrogens (tertiary/aromatic N) is 1. The largest absolute Gasteiger partial charge is 0.477 e. The lowest BCUT2D eigenvalue weighted by atomic mass is 10.1. The molecule has 0 rings (SSSR count). The molecule has 2 unspecified atom stereocenters. The van der Waals surface area contributed by atoms with Crippen LogP contribution < -0.4 is 0 Å². The first-order chi connectivity index (χ1) is 30.6. The molecular weight excluding hydrogens is 791 g/mol. The van der Waals surface area contributed by atoms with Gasteiger partial charge in [0.15, 0.2) is 6.10 Å². The van der Waals surface area contributed by atoms with Crippen LogP contribution in [-0.4, -0.2) is 87.4 Å². The van der Waals surface area contributed by atoms with Crippen molar-refractivity contribution < 1.29 is 42.9 Å². The van der Waals surface area contributed by atoms with Gasteiger partial charge in [0.05, 0.1) is 34.4 Å². The maximum Gasteiger partial charge on any atom is 0.361 e. The number of likely N-dealkylation sites (N-methyl/N-ethyl adjacent to an activating group) is 1. The average molecular weight is 883 g/mol. The predicted molar refractivity (Wildman–Crippen MR) is 262 cm³/mol. The van der Waals surface area contributed by atoms with Crippen molar-refractivity contribution in [1.29, 1.82) is 0 Å². The van der Waals surface area contributed by atoms with Crippen LogP contribution in [0, 0.1) is 0 Å². The first-order valence-electron chi connectivity index (χ1n) is 24.8. The smallest absolute Gasteiger partial charge is 0.361 e. The summed E-state index contributed by atoms with van der Waals surface area (Å²) in [6.45, 7) is 4.68. The lowest BCUT2D eigenvalue weighted by Gasteiger charge is -2.25. The van der Waals surface area contributed by atoms with E-state index in [1.54, 1.807) is 0 Å². The number of hydrogen-bond donors (Lipinski definition) is 1. The van der Waals surface area contributed by atoms with Crippen LogP contribution in [0.3, 0.4) is 0 Å². The number of aliphatic carboxylic acids is 1. The van der Waals surface area contributed by atoms with Gasteiger partial charge < -0.3 is 28.5 Å². The van der Waals surface area contributed by atoms with E-state index in [1.165, 1.54) is 64.2 Å². The number of carbonyl (C=O) groups is 3. The highest BCUT2D eigenvalue weighted by molar-refractivity contribution is 5.71. The van der Waals surface area contributed by atoms with Gasteiger partial charge >= 0.3 is 17.9 Å². The van der Waals surface area contributed by atoms with Gasteiger partial charge in [-0.05, 0) is 89.9 Å². The quantitative estimate of drug-likeness (QED) is 0.0212. The summed E-state index contributed by atoms with van der Waals surface area (Å²) in [5.41, 5.74) is 0. The van der Waals surface area contributed by atoms with Crippen LogP contribution >= 0.6 is 0 Å². The van der Waals surface area contributed by atoms with Crippen molar-refractivity contribution >= 4 is 17.9 Å². The van der Waals surface area contributed by atoms with E-state index in [-0.39, 0.29) is 38.6 Å². The van der Waals surface area contributed by atoms with Crippen LogP contribution in [0.4, 0.5) is 0 Å². The maximum atomic E-state index is 12.8. The number of unbranched alkanes of at least 4 members (excludes halogenated alkanes) is 15. The van der Waals surface area contributed by atoms with Gasteiger partial charge in [-0.3, -0.25) is 9.59 Å². The summed E-state index contributed by atoms with van der Waals surface area (Å²) in [7, 11) is 5.94. The monoisotopic (exact) mass is 883 g/mol. The molecule has 0 aliphatic rings. The number of ether oxygens (including phenoxy) is 4. The lowest BCUT2D eigenvalue weighted by Crippen LogP contribution is -2.40. The van der Waals surface area contributed by atoms with Gasteiger partial charge in [0.25, 0.3) is 6.29 Å². The van der Waals surface area contributed by atoms with Gasteiger partial charge in [-0.1, -0.05) is 163 Å². The maximum absolute atomic E-state index is 12.8. The summed E-state index contributed by atoms with van der Waals surface area (Å²) in [6, 6.07) is 0. The van der Waals surface area contributed by atoms with E-state index in [4.69, 9.17) is 18.9 Å². The summed E-state index contributed by atoms with van der Waals surface area (Å²) in [5.74, 6) is -2.08. The summed E-state index contributed by atoms with van der Waals surface area (Å²) >= 11 is 0. The van der Waals surface area contributed by atoms with Gasteiger partial charge in [0.2, 0.25) is 0 Å². The molecule has 0 amide bonds. The Morgan fingerprint density at radius 2 is 0.905 bits per heavy atom. The van der Waals surface area contributed by atoms with Gasteiger partial charge in [0, 0.05) is 12.8 Å². The Morgan fingerprint density at radius 1 is 0.492 bits per heavy atom. The molecule has 0 saturated heterocycles. The molecule has 9 heteroatoms. The molecule has 360 valence electrons. The van der Waals surface area contributed by atoms with E-state index >= 15 is 0 Å². The second-order valence-electron chi connectivity index (χ2n) is 17.4. The molecular formula is C54H92NO8+. The second kappa shape index (κ2) is 45.1. The molecule has 0 aromatic carbocycles. The Morgan fingerprint density at radius 3 is 1.40 bits per heavy atom. The van der Waals surface area contributed by atoms with Crippen LogP contribution in [0.2, 0.25) is 0 Å². The minimum Gasteiger partial charge on any atom is -0.477 e. The SMILES string of the molecule is CC/C=C\C/C=C\C/C=C\C/C=C\C/C=C\C/C=C\CCCCC(=O)OC(COC(=O)CCCCCCCCC/C=C\CCCCCCCC)COC(OCC[N+](C)(C)C)C(=O)O. The zero-order valence-electron chi connectivity index (χ0n) is 40.7. The Hall–Kier alpha value is -3.53. The van der Waals surface area contributed by atoms with E-state index in [9.17, 15) is 19.5 Å². The molecule has 9 nitrogen and oxygen atoms in total. The van der Waals surface area contributed by atoms with Crippen LogP contribution in [0.25, 0.3) is 0 Å². The number of hydrogen-bond acceptors (Lipinski definition) is 7. The van der Waals surface area contributed by atoms with Gasteiger partial charge in [-0.25, -0.2) is 4.79 Å². The topological polar surface area (TPSA) is 108 Å². The highest BCUT2D eigenvalue weighted by Crippen LogP contribution is 2.13. The number of carboxylic acid groups (broad SMARTS) is 1. The van der Waals surface area contributed by atoms with Crippen LogP contribution in [-0.2, 0) is 33.3 Å². The molecule has 0 bridgehead atoms. The van der Waals surface area contributed by atoms with Crippen LogP contribution in [0.1, 0.15) is 181 Å². The molecule has 0 aromatic rings. The molecule has 2 atom stereocenters. The third-order valence-corrected chi connectivity index (χ3v) is 10.1. The molecule has 0 aliphatic carbocycles. The Labute approximate surface area is 385 Å². The zero-order valence-corrected chi connectivity index (χ0v) is 40.7. The summed E-state index contributed by atoms with van der Waals surface area (Å²) in [6.07, 6.45) is 55.0. The molecule has 0 saturated carbocycles. The molecule has 0 aliphatic heterocycles. The average Bonchev–Trinajstić information content (AvgIpc) is 3.24. The van der Waals surface area contributed by atoms with E-state index in [1.807, 2.05) is 21.1 Å². The van der Waals surface area contributed by atoms with Gasteiger partial charge in [0.1, 0.15) is 13.2 Å². The molecule has 0 spiro atoms. The fourth-order valence-corrected chi connectivity index (χ4v) is 6.30. The van der Waals surface area contributed by atoms with E-state index in [0.717, 1.165) is 83.5 Å². The molecule has 1 N–H and O–H groups in total. The van der Waals surface area contributed by atoms with Gasteiger partial charge in [-0.15, -0.1) is 0 Å².